The SMILES string of the molecule is Cc1cccc2sc(SCCC(=O)O)nc12. The second-order valence-electron chi connectivity index (χ2n) is 3.39. The molecule has 2 rings (SSSR count). The van der Waals surface area contributed by atoms with Crippen LogP contribution in [0.2, 0.25) is 0 Å². The normalized spacial score (nSPS) is 10.8. The van der Waals surface area contributed by atoms with Crippen molar-refractivity contribution in [2.24, 2.45) is 0 Å². The molecule has 0 aliphatic carbocycles. The average molecular weight is 253 g/mol. The largest absolute Gasteiger partial charge is 0.481 e. The van der Waals surface area contributed by atoms with Gasteiger partial charge in [0.05, 0.1) is 16.6 Å². The van der Waals surface area contributed by atoms with Gasteiger partial charge < -0.3 is 5.11 Å². The Hall–Kier alpha value is -1.07. The molecule has 1 aromatic heterocycles. The predicted molar refractivity (Wildman–Crippen MR) is 67.3 cm³/mol. The summed E-state index contributed by atoms with van der Waals surface area (Å²) in [5.41, 5.74) is 2.20. The third kappa shape index (κ3) is 2.54. The van der Waals surface area contributed by atoms with Crippen LogP contribution >= 0.6 is 23.1 Å². The van der Waals surface area contributed by atoms with Crippen molar-refractivity contribution < 1.29 is 9.90 Å². The first kappa shape index (κ1) is 11.4. The monoisotopic (exact) mass is 253 g/mol. The van der Waals surface area contributed by atoms with E-state index in [0.29, 0.717) is 5.75 Å². The van der Waals surface area contributed by atoms with E-state index in [1.165, 1.54) is 17.3 Å². The van der Waals surface area contributed by atoms with Gasteiger partial charge in [0.1, 0.15) is 0 Å². The molecular formula is C11H11NO2S2. The second kappa shape index (κ2) is 4.84. The molecule has 1 heterocycles. The minimum atomic E-state index is -0.759. The number of aromatic nitrogens is 1. The number of thiazole rings is 1. The molecule has 0 aliphatic rings. The van der Waals surface area contributed by atoms with E-state index in [2.05, 4.69) is 4.98 Å². The lowest BCUT2D eigenvalue weighted by Gasteiger charge is -1.92. The van der Waals surface area contributed by atoms with E-state index < -0.39 is 5.97 Å². The molecule has 16 heavy (non-hydrogen) atoms. The predicted octanol–water partition coefficient (Wildman–Crippen LogP) is 3.17. The highest BCUT2D eigenvalue weighted by molar-refractivity contribution is 8.01. The van der Waals surface area contributed by atoms with E-state index >= 15 is 0 Å². The van der Waals surface area contributed by atoms with Crippen molar-refractivity contribution in [3.63, 3.8) is 0 Å². The van der Waals surface area contributed by atoms with Gasteiger partial charge in [-0.25, -0.2) is 4.98 Å². The first-order valence-electron chi connectivity index (χ1n) is 4.87. The molecule has 3 nitrogen and oxygen atoms in total. The number of thioether (sulfide) groups is 1. The number of aliphatic carboxylic acids is 1. The summed E-state index contributed by atoms with van der Waals surface area (Å²) >= 11 is 3.13. The molecule has 0 unspecified atom stereocenters. The number of nitrogens with zero attached hydrogens (tertiary/aromatic N) is 1. The van der Waals surface area contributed by atoms with Crippen LogP contribution in [0.4, 0.5) is 0 Å². The second-order valence-corrected chi connectivity index (χ2v) is 5.77. The summed E-state index contributed by atoms with van der Waals surface area (Å²) in [6.07, 6.45) is 0.180. The van der Waals surface area contributed by atoms with Gasteiger partial charge >= 0.3 is 5.97 Å². The summed E-state index contributed by atoms with van der Waals surface area (Å²) in [4.78, 5) is 14.9. The minimum absolute atomic E-state index is 0.180. The fourth-order valence-electron chi connectivity index (χ4n) is 1.35. The van der Waals surface area contributed by atoms with Crippen molar-refractivity contribution in [1.82, 2.24) is 4.98 Å². The third-order valence-electron chi connectivity index (χ3n) is 2.14. The van der Waals surface area contributed by atoms with Crippen LogP contribution in [0.15, 0.2) is 22.5 Å². The van der Waals surface area contributed by atoms with Gasteiger partial charge in [0.15, 0.2) is 4.34 Å². The van der Waals surface area contributed by atoms with Crippen LogP contribution in [0.3, 0.4) is 0 Å². The molecule has 1 aromatic carbocycles. The van der Waals surface area contributed by atoms with Crippen LogP contribution in [0.25, 0.3) is 10.2 Å². The molecule has 5 heteroatoms. The van der Waals surface area contributed by atoms with E-state index in [1.54, 1.807) is 11.3 Å². The number of aryl methyl sites for hydroxylation is 1. The maximum atomic E-state index is 10.4. The lowest BCUT2D eigenvalue weighted by atomic mass is 10.2. The molecule has 0 saturated carbocycles. The lowest BCUT2D eigenvalue weighted by molar-refractivity contribution is -0.136. The molecule has 84 valence electrons. The van der Waals surface area contributed by atoms with Crippen molar-refractivity contribution >= 4 is 39.3 Å². The topological polar surface area (TPSA) is 50.2 Å². The molecule has 1 N–H and O–H groups in total. The van der Waals surface area contributed by atoms with Crippen molar-refractivity contribution in [3.8, 4) is 0 Å². The van der Waals surface area contributed by atoms with Crippen LogP contribution in [0.5, 0.6) is 0 Å². The molecule has 0 amide bonds. The zero-order valence-corrected chi connectivity index (χ0v) is 10.4. The van der Waals surface area contributed by atoms with Gasteiger partial charge in [0.2, 0.25) is 0 Å². The number of para-hydroxylation sites is 1. The Kier molecular flexibility index (Phi) is 3.46. The maximum Gasteiger partial charge on any atom is 0.304 e. The zero-order chi connectivity index (χ0) is 11.5. The van der Waals surface area contributed by atoms with Crippen LogP contribution in [0, 0.1) is 6.92 Å². The van der Waals surface area contributed by atoms with Crippen LogP contribution in [-0.2, 0) is 4.79 Å². The zero-order valence-electron chi connectivity index (χ0n) is 8.77. The number of fused-ring (bicyclic) bond motifs is 1. The third-order valence-corrected chi connectivity index (χ3v) is 4.31. The van der Waals surface area contributed by atoms with Gasteiger partial charge in [-0.2, -0.15) is 0 Å². The number of hydrogen-bond acceptors (Lipinski definition) is 4. The number of carbonyl (C=O) groups is 1. The number of benzene rings is 1. The number of rotatable bonds is 4. The molecule has 0 aliphatic heterocycles. The summed E-state index contributed by atoms with van der Waals surface area (Å²) in [6.45, 7) is 2.04. The number of carboxylic acid groups (broad SMARTS) is 1. The molecule has 0 spiro atoms. The summed E-state index contributed by atoms with van der Waals surface area (Å²) in [5.74, 6) is -0.182. The molecule has 0 atom stereocenters. The van der Waals surface area contributed by atoms with Crippen molar-refractivity contribution in [1.29, 1.82) is 0 Å². The molecule has 0 bridgehead atoms. The van der Waals surface area contributed by atoms with Gasteiger partial charge in [-0.3, -0.25) is 4.79 Å². The van der Waals surface area contributed by atoms with Gasteiger partial charge in [0, 0.05) is 5.75 Å². The Morgan fingerprint density at radius 2 is 2.38 bits per heavy atom. The first-order chi connectivity index (χ1) is 7.66. The van der Waals surface area contributed by atoms with Crippen molar-refractivity contribution in [3.05, 3.63) is 23.8 Å². The highest BCUT2D eigenvalue weighted by Crippen LogP contribution is 2.31. The summed E-state index contributed by atoms with van der Waals surface area (Å²) in [5, 5.41) is 8.55. The van der Waals surface area contributed by atoms with Gasteiger partial charge in [-0.05, 0) is 18.6 Å². The molecule has 0 fully saturated rings. The van der Waals surface area contributed by atoms with Gasteiger partial charge in [-0.15, -0.1) is 11.3 Å². The average Bonchev–Trinajstić information content (AvgIpc) is 2.61. The Balaban J connectivity index is 2.14. The molecule has 0 saturated heterocycles. The molecule has 0 radical (unpaired) electrons. The fraction of sp³-hybridized carbons (Fsp3) is 0.273. The molecular weight excluding hydrogens is 242 g/mol. The van der Waals surface area contributed by atoms with E-state index in [0.717, 1.165) is 14.6 Å². The minimum Gasteiger partial charge on any atom is -0.481 e. The Bertz CT molecular complexity index is 522. The first-order valence-corrected chi connectivity index (χ1v) is 6.68. The molecule has 2 aromatic rings. The van der Waals surface area contributed by atoms with E-state index in [4.69, 9.17) is 5.11 Å². The highest BCUT2D eigenvalue weighted by Gasteiger charge is 2.06. The Morgan fingerprint density at radius 3 is 3.06 bits per heavy atom. The standard InChI is InChI=1S/C11H11NO2S2/c1-7-3-2-4-8-10(7)12-11(16-8)15-6-5-9(13)14/h2-4H,5-6H2,1H3,(H,13,14). The quantitative estimate of drug-likeness (QED) is 0.850. The fourth-order valence-corrected chi connectivity index (χ4v) is 3.49. The lowest BCUT2D eigenvalue weighted by Crippen LogP contribution is -1.95. The van der Waals surface area contributed by atoms with E-state index in [9.17, 15) is 4.79 Å². The Labute approximate surface area is 102 Å². The summed E-state index contributed by atoms with van der Waals surface area (Å²) in [6, 6.07) is 6.09. The van der Waals surface area contributed by atoms with E-state index in [-0.39, 0.29) is 6.42 Å². The van der Waals surface area contributed by atoms with Crippen LogP contribution < -0.4 is 0 Å². The summed E-state index contributed by atoms with van der Waals surface area (Å²) in [7, 11) is 0. The van der Waals surface area contributed by atoms with Crippen LogP contribution in [-0.4, -0.2) is 21.8 Å². The van der Waals surface area contributed by atoms with Crippen LogP contribution in [0.1, 0.15) is 12.0 Å². The summed E-state index contributed by atoms with van der Waals surface area (Å²) < 4.78 is 2.11. The number of carboxylic acids is 1. The van der Waals surface area contributed by atoms with Crippen molar-refractivity contribution in [2.45, 2.75) is 17.7 Å². The maximum absolute atomic E-state index is 10.4. The van der Waals surface area contributed by atoms with Gasteiger partial charge in [-0.1, -0.05) is 23.9 Å². The van der Waals surface area contributed by atoms with Gasteiger partial charge in [0.25, 0.3) is 0 Å². The number of hydrogen-bond donors (Lipinski definition) is 1. The van der Waals surface area contributed by atoms with Crippen molar-refractivity contribution in [2.75, 3.05) is 5.75 Å². The Morgan fingerprint density at radius 1 is 1.56 bits per heavy atom. The highest BCUT2D eigenvalue weighted by atomic mass is 32.2. The van der Waals surface area contributed by atoms with E-state index in [1.807, 2.05) is 25.1 Å². The smallest absolute Gasteiger partial charge is 0.304 e.